The summed E-state index contributed by atoms with van der Waals surface area (Å²) < 4.78 is 11.0. The van der Waals surface area contributed by atoms with Crippen LogP contribution in [0, 0.1) is 6.92 Å². The minimum atomic E-state index is -0.215. The van der Waals surface area contributed by atoms with Crippen molar-refractivity contribution in [1.29, 1.82) is 0 Å². The van der Waals surface area contributed by atoms with Crippen LogP contribution in [0.4, 0.5) is 0 Å². The Morgan fingerprint density at radius 2 is 2.12 bits per heavy atom. The second kappa shape index (κ2) is 5.89. The number of ether oxygens (including phenoxy) is 2. The van der Waals surface area contributed by atoms with Gasteiger partial charge >= 0.3 is 5.97 Å². The minimum Gasteiger partial charge on any atom is -0.496 e. The third kappa shape index (κ3) is 2.98. The maximum atomic E-state index is 11.4. The first kappa shape index (κ1) is 13.0. The lowest BCUT2D eigenvalue weighted by Crippen LogP contribution is -2.08. The van der Waals surface area contributed by atoms with Gasteiger partial charge in [-0.2, -0.15) is 0 Å². The standard InChI is InChI=1S/C12H15BrO3/c1-4-16-11(14)7-9-5-6-10(15-3)8(2)12(9)13/h5-6H,4,7H2,1-3H3. The number of carbonyl (C=O) groups is 1. The van der Waals surface area contributed by atoms with E-state index in [0.717, 1.165) is 21.3 Å². The molecule has 0 unspecified atom stereocenters. The molecule has 0 aliphatic heterocycles. The fraction of sp³-hybridized carbons (Fsp3) is 0.417. The van der Waals surface area contributed by atoms with Gasteiger partial charge < -0.3 is 9.47 Å². The smallest absolute Gasteiger partial charge is 0.310 e. The summed E-state index contributed by atoms with van der Waals surface area (Å²) in [6.45, 7) is 4.15. The first-order valence-electron chi connectivity index (χ1n) is 5.07. The molecule has 0 aromatic heterocycles. The van der Waals surface area contributed by atoms with Crippen molar-refractivity contribution in [1.82, 2.24) is 0 Å². The monoisotopic (exact) mass is 286 g/mol. The molecule has 0 fully saturated rings. The van der Waals surface area contributed by atoms with Gasteiger partial charge in [-0.1, -0.05) is 22.0 Å². The van der Waals surface area contributed by atoms with Crippen LogP contribution < -0.4 is 4.74 Å². The van der Waals surface area contributed by atoms with Crippen LogP contribution in [-0.2, 0) is 16.0 Å². The average Bonchev–Trinajstić information content (AvgIpc) is 2.25. The SMILES string of the molecule is CCOC(=O)Cc1ccc(OC)c(C)c1Br. The highest BCUT2D eigenvalue weighted by Crippen LogP contribution is 2.29. The number of hydrogen-bond donors (Lipinski definition) is 0. The lowest BCUT2D eigenvalue weighted by Gasteiger charge is -2.10. The van der Waals surface area contributed by atoms with Crippen molar-refractivity contribution in [2.45, 2.75) is 20.3 Å². The average molecular weight is 287 g/mol. The summed E-state index contributed by atoms with van der Waals surface area (Å²) in [6, 6.07) is 3.72. The molecule has 0 saturated carbocycles. The number of methoxy groups -OCH3 is 1. The third-order valence-electron chi connectivity index (χ3n) is 2.28. The van der Waals surface area contributed by atoms with Crippen LogP contribution >= 0.6 is 15.9 Å². The van der Waals surface area contributed by atoms with E-state index >= 15 is 0 Å². The zero-order valence-electron chi connectivity index (χ0n) is 9.67. The Labute approximate surface area is 104 Å². The van der Waals surface area contributed by atoms with Gasteiger partial charge in [0.15, 0.2) is 0 Å². The van der Waals surface area contributed by atoms with E-state index in [2.05, 4.69) is 15.9 Å². The third-order valence-corrected chi connectivity index (χ3v) is 3.38. The second-order valence-electron chi connectivity index (χ2n) is 3.35. The maximum absolute atomic E-state index is 11.4. The molecule has 16 heavy (non-hydrogen) atoms. The molecule has 4 heteroatoms. The van der Waals surface area contributed by atoms with Crippen LogP contribution in [0.5, 0.6) is 5.75 Å². The van der Waals surface area contributed by atoms with E-state index in [0.29, 0.717) is 6.61 Å². The molecule has 88 valence electrons. The van der Waals surface area contributed by atoms with E-state index < -0.39 is 0 Å². The van der Waals surface area contributed by atoms with Crippen molar-refractivity contribution in [3.63, 3.8) is 0 Å². The highest BCUT2D eigenvalue weighted by Gasteiger charge is 2.11. The second-order valence-corrected chi connectivity index (χ2v) is 4.14. The molecule has 0 heterocycles. The summed E-state index contributed by atoms with van der Waals surface area (Å²) in [5, 5.41) is 0. The molecule has 0 radical (unpaired) electrons. The zero-order valence-corrected chi connectivity index (χ0v) is 11.3. The Hall–Kier alpha value is -1.03. The first-order valence-corrected chi connectivity index (χ1v) is 5.87. The van der Waals surface area contributed by atoms with Gasteiger partial charge in [-0.25, -0.2) is 0 Å². The molecule has 1 rings (SSSR count). The van der Waals surface area contributed by atoms with Crippen molar-refractivity contribution >= 4 is 21.9 Å². The van der Waals surface area contributed by atoms with Crippen molar-refractivity contribution < 1.29 is 14.3 Å². The fourth-order valence-electron chi connectivity index (χ4n) is 1.45. The van der Waals surface area contributed by atoms with E-state index in [9.17, 15) is 4.79 Å². The van der Waals surface area contributed by atoms with Gasteiger partial charge in [0, 0.05) is 10.0 Å². The summed E-state index contributed by atoms with van der Waals surface area (Å²) in [7, 11) is 1.62. The van der Waals surface area contributed by atoms with Gasteiger partial charge in [-0.15, -0.1) is 0 Å². The van der Waals surface area contributed by atoms with Gasteiger partial charge in [-0.3, -0.25) is 4.79 Å². The minimum absolute atomic E-state index is 0.215. The topological polar surface area (TPSA) is 35.5 Å². The number of hydrogen-bond acceptors (Lipinski definition) is 3. The molecule has 0 bridgehead atoms. The quantitative estimate of drug-likeness (QED) is 0.799. The molecule has 0 spiro atoms. The van der Waals surface area contributed by atoms with Crippen LogP contribution in [0.15, 0.2) is 16.6 Å². The highest BCUT2D eigenvalue weighted by molar-refractivity contribution is 9.10. The molecule has 1 aromatic rings. The molecular weight excluding hydrogens is 272 g/mol. The van der Waals surface area contributed by atoms with Gasteiger partial charge in [-0.05, 0) is 25.5 Å². The van der Waals surface area contributed by atoms with E-state index in [4.69, 9.17) is 9.47 Å². The molecule has 0 amide bonds. The Morgan fingerprint density at radius 1 is 1.44 bits per heavy atom. The van der Waals surface area contributed by atoms with Crippen molar-refractivity contribution in [3.8, 4) is 5.75 Å². The van der Waals surface area contributed by atoms with Crippen LogP contribution in [0.2, 0.25) is 0 Å². The van der Waals surface area contributed by atoms with E-state index in [1.807, 2.05) is 19.1 Å². The van der Waals surface area contributed by atoms with Crippen molar-refractivity contribution in [2.75, 3.05) is 13.7 Å². The molecule has 0 saturated heterocycles. The number of rotatable bonds is 4. The summed E-state index contributed by atoms with van der Waals surface area (Å²) in [5.74, 6) is 0.590. The zero-order chi connectivity index (χ0) is 12.1. The summed E-state index contributed by atoms with van der Waals surface area (Å²) in [6.07, 6.45) is 0.277. The van der Waals surface area contributed by atoms with E-state index in [-0.39, 0.29) is 12.4 Å². The number of benzene rings is 1. The molecule has 3 nitrogen and oxygen atoms in total. The highest BCUT2D eigenvalue weighted by atomic mass is 79.9. The Balaban J connectivity index is 2.90. The van der Waals surface area contributed by atoms with Crippen LogP contribution in [0.3, 0.4) is 0 Å². The molecule has 1 aromatic carbocycles. The predicted octanol–water partition coefficient (Wildman–Crippen LogP) is 2.87. The summed E-state index contributed by atoms with van der Waals surface area (Å²) in [4.78, 5) is 11.4. The van der Waals surface area contributed by atoms with Crippen molar-refractivity contribution in [3.05, 3.63) is 27.7 Å². The van der Waals surface area contributed by atoms with Crippen LogP contribution in [0.1, 0.15) is 18.1 Å². The van der Waals surface area contributed by atoms with E-state index in [1.165, 1.54) is 0 Å². The van der Waals surface area contributed by atoms with Gasteiger partial charge in [0.05, 0.1) is 20.1 Å². The van der Waals surface area contributed by atoms with Crippen molar-refractivity contribution in [2.24, 2.45) is 0 Å². The molecular formula is C12H15BrO3. The maximum Gasteiger partial charge on any atom is 0.310 e. The van der Waals surface area contributed by atoms with Gasteiger partial charge in [0.25, 0.3) is 0 Å². The molecule has 0 aliphatic carbocycles. The van der Waals surface area contributed by atoms with Gasteiger partial charge in [0.1, 0.15) is 5.75 Å². The Bertz CT molecular complexity index is 388. The van der Waals surface area contributed by atoms with Gasteiger partial charge in [0.2, 0.25) is 0 Å². The fourth-order valence-corrected chi connectivity index (χ4v) is 1.92. The number of carbonyl (C=O) groups excluding carboxylic acids is 1. The van der Waals surface area contributed by atoms with Crippen LogP contribution in [-0.4, -0.2) is 19.7 Å². The molecule has 0 aliphatic rings. The number of esters is 1. The summed E-state index contributed by atoms with van der Waals surface area (Å²) in [5.41, 5.74) is 1.90. The molecule has 0 N–H and O–H groups in total. The number of halogens is 1. The predicted molar refractivity (Wildman–Crippen MR) is 65.8 cm³/mol. The largest absolute Gasteiger partial charge is 0.496 e. The van der Waals surface area contributed by atoms with E-state index in [1.54, 1.807) is 14.0 Å². The molecule has 0 atom stereocenters. The summed E-state index contributed by atoms with van der Waals surface area (Å²) >= 11 is 3.46. The normalized spacial score (nSPS) is 10.0. The lowest BCUT2D eigenvalue weighted by atomic mass is 10.1. The lowest BCUT2D eigenvalue weighted by molar-refractivity contribution is -0.142. The Kier molecular flexibility index (Phi) is 4.80. The Morgan fingerprint density at radius 3 is 2.69 bits per heavy atom. The van der Waals surface area contributed by atoms with Crippen LogP contribution in [0.25, 0.3) is 0 Å². The first-order chi connectivity index (χ1) is 7.60.